The average molecular weight is 264 g/mol. The van der Waals surface area contributed by atoms with Crippen LogP contribution in [0.5, 0.6) is 0 Å². The van der Waals surface area contributed by atoms with Gasteiger partial charge in [-0.25, -0.2) is 0 Å². The van der Waals surface area contributed by atoms with Gasteiger partial charge in [0, 0.05) is 0 Å². The zero-order valence-corrected chi connectivity index (χ0v) is 10.00. The third-order valence-corrected chi connectivity index (χ3v) is 4.57. The van der Waals surface area contributed by atoms with E-state index in [1.165, 1.54) is 0 Å². The van der Waals surface area contributed by atoms with E-state index in [2.05, 4.69) is 5.32 Å². The van der Waals surface area contributed by atoms with E-state index in [1.54, 1.807) is 0 Å². The number of hydrogen-bond acceptors (Lipinski definition) is 5. The fourth-order valence-electron chi connectivity index (χ4n) is 3.79. The number of imide groups is 2. The Morgan fingerprint density at radius 3 is 2.05 bits per heavy atom. The van der Waals surface area contributed by atoms with Crippen LogP contribution in [-0.2, 0) is 23.9 Å². The SMILES string of the molecule is O=C1C[C@@H](N2C(=O)[C@H]3[C@H](C2=O)[C@H]2CC[C@@H]3O2)C(=O)N1. The van der Waals surface area contributed by atoms with Gasteiger partial charge in [0.05, 0.1) is 30.5 Å². The highest BCUT2D eigenvalue weighted by atomic mass is 16.5. The van der Waals surface area contributed by atoms with Crippen LogP contribution in [0.1, 0.15) is 19.3 Å². The van der Waals surface area contributed by atoms with E-state index in [-0.39, 0.29) is 30.4 Å². The fraction of sp³-hybridized carbons (Fsp3) is 0.667. The van der Waals surface area contributed by atoms with Gasteiger partial charge in [0.15, 0.2) is 0 Å². The molecule has 5 atom stereocenters. The summed E-state index contributed by atoms with van der Waals surface area (Å²) >= 11 is 0. The molecule has 4 fully saturated rings. The number of amides is 4. The Morgan fingerprint density at radius 2 is 1.58 bits per heavy atom. The van der Waals surface area contributed by atoms with Crippen LogP contribution < -0.4 is 5.32 Å². The van der Waals surface area contributed by atoms with Crippen molar-refractivity contribution in [1.29, 1.82) is 0 Å². The second kappa shape index (κ2) is 3.41. The second-order valence-corrected chi connectivity index (χ2v) is 5.52. The van der Waals surface area contributed by atoms with Crippen molar-refractivity contribution in [3.8, 4) is 0 Å². The number of likely N-dealkylation sites (tertiary alicyclic amines) is 1. The normalized spacial score (nSPS) is 44.2. The summed E-state index contributed by atoms with van der Waals surface area (Å²) in [7, 11) is 0. The molecule has 0 aromatic rings. The van der Waals surface area contributed by atoms with E-state index in [1.807, 2.05) is 0 Å². The number of hydrogen-bond donors (Lipinski definition) is 1. The molecule has 0 radical (unpaired) electrons. The molecular formula is C12H12N2O5. The molecule has 1 N–H and O–H groups in total. The number of carbonyl (C=O) groups is 4. The molecule has 0 aromatic heterocycles. The fourth-order valence-corrected chi connectivity index (χ4v) is 3.79. The number of nitrogens with zero attached hydrogens (tertiary/aromatic N) is 1. The van der Waals surface area contributed by atoms with Crippen molar-refractivity contribution in [2.75, 3.05) is 0 Å². The first kappa shape index (κ1) is 11.1. The largest absolute Gasteiger partial charge is 0.373 e. The lowest BCUT2D eigenvalue weighted by Gasteiger charge is -2.21. The van der Waals surface area contributed by atoms with Crippen LogP contribution in [0.2, 0.25) is 0 Å². The molecule has 100 valence electrons. The molecule has 4 aliphatic rings. The lowest BCUT2D eigenvalue weighted by atomic mass is 9.81. The Balaban J connectivity index is 1.68. The summed E-state index contributed by atoms with van der Waals surface area (Å²) in [5.41, 5.74) is 0. The summed E-state index contributed by atoms with van der Waals surface area (Å²) in [6, 6.07) is -0.961. The van der Waals surface area contributed by atoms with Gasteiger partial charge >= 0.3 is 0 Å². The summed E-state index contributed by atoms with van der Waals surface area (Å²) in [6.45, 7) is 0. The number of ether oxygens (including phenoxy) is 1. The topological polar surface area (TPSA) is 92.8 Å². The van der Waals surface area contributed by atoms with Crippen LogP contribution in [0.3, 0.4) is 0 Å². The Kier molecular flexibility index (Phi) is 1.99. The molecule has 4 saturated heterocycles. The number of rotatable bonds is 1. The van der Waals surface area contributed by atoms with Gasteiger partial charge in [-0.1, -0.05) is 0 Å². The van der Waals surface area contributed by atoms with E-state index in [9.17, 15) is 19.2 Å². The van der Waals surface area contributed by atoms with Crippen molar-refractivity contribution in [1.82, 2.24) is 10.2 Å². The third kappa shape index (κ3) is 1.25. The number of fused-ring (bicyclic) bond motifs is 5. The van der Waals surface area contributed by atoms with Gasteiger partial charge in [0.25, 0.3) is 0 Å². The van der Waals surface area contributed by atoms with E-state index in [4.69, 9.17) is 4.74 Å². The van der Waals surface area contributed by atoms with Crippen LogP contribution in [0, 0.1) is 11.8 Å². The van der Waals surface area contributed by atoms with Crippen molar-refractivity contribution >= 4 is 23.6 Å². The first-order valence-electron chi connectivity index (χ1n) is 6.44. The highest BCUT2D eigenvalue weighted by Gasteiger charge is 2.64. The lowest BCUT2D eigenvalue weighted by Crippen LogP contribution is -2.46. The van der Waals surface area contributed by atoms with Gasteiger partial charge in [0.1, 0.15) is 6.04 Å². The number of nitrogens with one attached hydrogen (secondary N) is 1. The van der Waals surface area contributed by atoms with Crippen LogP contribution in [0.15, 0.2) is 0 Å². The molecule has 4 heterocycles. The minimum Gasteiger partial charge on any atom is -0.373 e. The van der Waals surface area contributed by atoms with Gasteiger partial charge in [-0.15, -0.1) is 0 Å². The smallest absolute Gasteiger partial charge is 0.250 e. The first-order valence-corrected chi connectivity index (χ1v) is 6.44. The summed E-state index contributed by atoms with van der Waals surface area (Å²) in [6.07, 6.45) is 1.06. The molecule has 4 amide bonds. The quantitative estimate of drug-likeness (QED) is 0.586. The first-order chi connectivity index (χ1) is 9.08. The molecule has 4 aliphatic heterocycles. The maximum absolute atomic E-state index is 12.4. The maximum atomic E-state index is 12.4. The summed E-state index contributed by atoms with van der Waals surface area (Å²) < 4.78 is 5.60. The van der Waals surface area contributed by atoms with Crippen molar-refractivity contribution in [3.63, 3.8) is 0 Å². The molecule has 0 aliphatic carbocycles. The van der Waals surface area contributed by atoms with E-state index >= 15 is 0 Å². The van der Waals surface area contributed by atoms with Crippen LogP contribution in [0.4, 0.5) is 0 Å². The van der Waals surface area contributed by atoms with Crippen molar-refractivity contribution < 1.29 is 23.9 Å². The zero-order chi connectivity index (χ0) is 13.3. The average Bonchev–Trinajstić information content (AvgIpc) is 3.06. The van der Waals surface area contributed by atoms with Crippen LogP contribution >= 0.6 is 0 Å². The van der Waals surface area contributed by atoms with Crippen molar-refractivity contribution in [2.45, 2.75) is 37.5 Å². The van der Waals surface area contributed by atoms with E-state index in [0.29, 0.717) is 0 Å². The van der Waals surface area contributed by atoms with Crippen LogP contribution in [0.25, 0.3) is 0 Å². The number of carbonyl (C=O) groups excluding carboxylic acids is 4. The lowest BCUT2D eigenvalue weighted by molar-refractivity contribution is -0.148. The predicted octanol–water partition coefficient (Wildman–Crippen LogP) is -1.44. The van der Waals surface area contributed by atoms with Gasteiger partial charge in [-0.3, -0.25) is 29.4 Å². The minimum absolute atomic E-state index is 0.119. The molecule has 2 bridgehead atoms. The monoisotopic (exact) mass is 264 g/mol. The summed E-state index contributed by atoms with van der Waals surface area (Å²) in [5.74, 6) is -2.59. The van der Waals surface area contributed by atoms with Gasteiger partial charge < -0.3 is 4.74 Å². The maximum Gasteiger partial charge on any atom is 0.250 e. The van der Waals surface area contributed by atoms with Crippen molar-refractivity contribution in [2.24, 2.45) is 11.8 Å². The molecule has 0 unspecified atom stereocenters. The zero-order valence-electron chi connectivity index (χ0n) is 10.00. The Bertz CT molecular complexity index is 502. The molecule has 4 rings (SSSR count). The molecule has 7 heteroatoms. The molecule has 19 heavy (non-hydrogen) atoms. The Morgan fingerprint density at radius 1 is 1.00 bits per heavy atom. The highest BCUT2D eigenvalue weighted by Crippen LogP contribution is 2.49. The van der Waals surface area contributed by atoms with Gasteiger partial charge in [-0.2, -0.15) is 0 Å². The molecular weight excluding hydrogens is 252 g/mol. The summed E-state index contributed by atoms with van der Waals surface area (Å²) in [5, 5.41) is 2.13. The highest BCUT2D eigenvalue weighted by molar-refractivity contribution is 6.14. The van der Waals surface area contributed by atoms with Crippen LogP contribution in [-0.4, -0.2) is 46.8 Å². The van der Waals surface area contributed by atoms with E-state index in [0.717, 1.165) is 17.7 Å². The van der Waals surface area contributed by atoms with Crippen molar-refractivity contribution in [3.05, 3.63) is 0 Å². The van der Waals surface area contributed by atoms with Gasteiger partial charge in [0.2, 0.25) is 23.6 Å². The molecule has 0 aromatic carbocycles. The standard InChI is InChI=1S/C12H12N2O5/c15-7-3-4(10(16)13-7)14-11(17)8-5-1-2-6(19-5)9(8)12(14)18/h4-6,8-9H,1-3H2,(H,13,15,16)/t4-,5-,6+,8-,9-/m1/s1. The Labute approximate surface area is 108 Å². The van der Waals surface area contributed by atoms with E-state index < -0.39 is 29.7 Å². The molecule has 0 spiro atoms. The van der Waals surface area contributed by atoms with Gasteiger partial charge in [-0.05, 0) is 12.8 Å². The second-order valence-electron chi connectivity index (χ2n) is 5.52. The predicted molar refractivity (Wildman–Crippen MR) is 58.3 cm³/mol. The summed E-state index contributed by atoms with van der Waals surface area (Å²) in [4.78, 5) is 48.6. The third-order valence-electron chi connectivity index (χ3n) is 4.57. The molecule has 7 nitrogen and oxygen atoms in total. The molecule has 0 saturated carbocycles. The minimum atomic E-state index is -0.961. The Hall–Kier alpha value is -1.76.